The summed E-state index contributed by atoms with van der Waals surface area (Å²) >= 11 is 0. The highest BCUT2D eigenvalue weighted by molar-refractivity contribution is 7.46. The molecule has 0 bridgehead atoms. The fourth-order valence-electron chi connectivity index (χ4n) is 4.84. The Kier molecular flexibility index (Phi) is 17.5. The molecule has 0 aromatic heterocycles. The number of nitrogens with two attached hydrogens (primary N) is 2. The second kappa shape index (κ2) is 21.0. The summed E-state index contributed by atoms with van der Waals surface area (Å²) in [5.74, 6) is -5.60. The number of carbonyl (C=O) groups excluding carboxylic acids is 6. The summed E-state index contributed by atoms with van der Waals surface area (Å²) < 4.78 is 15.4. The molecular formula is C33H48N7O12P. The van der Waals surface area contributed by atoms with Crippen molar-refractivity contribution < 1.29 is 57.9 Å². The van der Waals surface area contributed by atoms with Gasteiger partial charge in [-0.05, 0) is 48.9 Å². The lowest BCUT2D eigenvalue weighted by molar-refractivity contribution is -0.134. The maximum Gasteiger partial charge on any atom is 0.469 e. The van der Waals surface area contributed by atoms with Crippen LogP contribution in [0, 0.1) is 5.92 Å². The van der Waals surface area contributed by atoms with Crippen LogP contribution < -0.4 is 38.1 Å². The number of aliphatic hydroxyl groups is 1. The number of hydrogen-bond donors (Lipinski definition) is 11. The number of amides is 6. The van der Waals surface area contributed by atoms with Crippen molar-refractivity contribution in [2.75, 3.05) is 13.2 Å². The number of aliphatic hydroxyl groups excluding tert-OH is 1. The molecule has 0 aliphatic heterocycles. The summed E-state index contributed by atoms with van der Waals surface area (Å²) in [5, 5.41) is 31.6. The monoisotopic (exact) mass is 765 g/mol. The van der Waals surface area contributed by atoms with Crippen LogP contribution in [-0.2, 0) is 50.7 Å². The molecule has 0 spiro atoms. The first-order chi connectivity index (χ1) is 24.7. The molecule has 0 radical (unpaired) electrons. The Bertz CT molecular complexity index is 1610. The van der Waals surface area contributed by atoms with E-state index < -0.39 is 92.7 Å². The molecular weight excluding hydrogens is 717 g/mol. The lowest BCUT2D eigenvalue weighted by Crippen LogP contribution is -2.59. The number of phenols is 1. The molecule has 53 heavy (non-hydrogen) atoms. The largest absolute Gasteiger partial charge is 0.508 e. The van der Waals surface area contributed by atoms with Crippen molar-refractivity contribution in [3.05, 3.63) is 65.7 Å². The van der Waals surface area contributed by atoms with Gasteiger partial charge in [-0.1, -0.05) is 56.3 Å². The zero-order valence-electron chi connectivity index (χ0n) is 29.4. The Labute approximate surface area is 305 Å². The molecule has 13 N–H and O–H groups in total. The lowest BCUT2D eigenvalue weighted by Gasteiger charge is -2.26. The molecule has 0 unspecified atom stereocenters. The molecule has 2 aromatic rings. The maximum atomic E-state index is 13.6. The highest BCUT2D eigenvalue weighted by Gasteiger charge is 2.32. The van der Waals surface area contributed by atoms with Gasteiger partial charge in [0.1, 0.15) is 29.9 Å². The Morgan fingerprint density at radius 3 is 1.87 bits per heavy atom. The average molecular weight is 766 g/mol. The number of phenolic OH excluding ortho intramolecular Hbond substituents is 1. The van der Waals surface area contributed by atoms with E-state index in [1.54, 1.807) is 56.3 Å². The molecule has 2 rings (SSSR count). The number of hydrogen-bond acceptors (Lipinski definition) is 11. The molecule has 19 nitrogen and oxygen atoms in total. The predicted octanol–water partition coefficient (Wildman–Crippen LogP) is -2.42. The van der Waals surface area contributed by atoms with Gasteiger partial charge in [0.05, 0.1) is 25.3 Å². The number of primary amides is 1. The number of phosphoric acid groups is 1. The van der Waals surface area contributed by atoms with Crippen molar-refractivity contribution in [2.45, 2.75) is 76.3 Å². The summed E-state index contributed by atoms with van der Waals surface area (Å²) in [5.41, 5.74) is 12.5. The Morgan fingerprint density at radius 1 is 0.755 bits per heavy atom. The summed E-state index contributed by atoms with van der Waals surface area (Å²) in [6.07, 6.45) is -1.37. The Hall–Kier alpha value is -4.91. The smallest absolute Gasteiger partial charge is 0.469 e. The van der Waals surface area contributed by atoms with E-state index >= 15 is 0 Å². The minimum atomic E-state index is -5.02. The summed E-state index contributed by atoms with van der Waals surface area (Å²) in [7, 11) is -5.02. The van der Waals surface area contributed by atoms with Crippen LogP contribution >= 0.6 is 7.82 Å². The molecule has 0 aliphatic rings. The van der Waals surface area contributed by atoms with Gasteiger partial charge in [0, 0.05) is 6.42 Å². The first kappa shape index (κ1) is 44.3. The minimum absolute atomic E-state index is 0.0258. The van der Waals surface area contributed by atoms with Crippen LogP contribution in [0.3, 0.4) is 0 Å². The second-order valence-corrected chi connectivity index (χ2v) is 13.9. The van der Waals surface area contributed by atoms with E-state index in [0.29, 0.717) is 11.1 Å². The van der Waals surface area contributed by atoms with Gasteiger partial charge in [0.2, 0.25) is 35.4 Å². The van der Waals surface area contributed by atoms with Crippen LogP contribution in [0.1, 0.15) is 38.3 Å². The fraction of sp³-hybridized carbons (Fsp3) is 0.455. The van der Waals surface area contributed by atoms with E-state index in [9.17, 15) is 43.5 Å². The van der Waals surface area contributed by atoms with Gasteiger partial charge in [0.15, 0.2) is 0 Å². The Morgan fingerprint density at radius 2 is 1.32 bits per heavy atom. The van der Waals surface area contributed by atoms with Crippen molar-refractivity contribution >= 4 is 43.3 Å². The van der Waals surface area contributed by atoms with E-state index in [0.717, 1.165) is 0 Å². The second-order valence-electron chi connectivity index (χ2n) is 12.7. The first-order valence-corrected chi connectivity index (χ1v) is 18.0. The van der Waals surface area contributed by atoms with Gasteiger partial charge in [-0.15, -0.1) is 0 Å². The fourth-order valence-corrected chi connectivity index (χ4v) is 5.18. The van der Waals surface area contributed by atoms with Gasteiger partial charge in [-0.25, -0.2) is 4.57 Å². The van der Waals surface area contributed by atoms with Crippen molar-refractivity contribution in [3.8, 4) is 5.75 Å². The third-order valence-corrected chi connectivity index (χ3v) is 8.04. The van der Waals surface area contributed by atoms with Crippen LogP contribution in [0.5, 0.6) is 5.75 Å². The normalized spacial score (nSPS) is 14.8. The summed E-state index contributed by atoms with van der Waals surface area (Å²) in [4.78, 5) is 95.4. The third-order valence-electron chi connectivity index (χ3n) is 7.56. The van der Waals surface area contributed by atoms with E-state index in [2.05, 4.69) is 31.1 Å². The van der Waals surface area contributed by atoms with Crippen LogP contribution in [0.25, 0.3) is 0 Å². The van der Waals surface area contributed by atoms with Crippen LogP contribution in [-0.4, -0.2) is 105 Å². The van der Waals surface area contributed by atoms with E-state index in [1.807, 2.05) is 0 Å². The zero-order chi connectivity index (χ0) is 39.9. The first-order valence-electron chi connectivity index (χ1n) is 16.5. The number of phosphoric ester groups is 1. The van der Waals surface area contributed by atoms with Crippen LogP contribution in [0.2, 0.25) is 0 Å². The predicted molar refractivity (Wildman–Crippen MR) is 189 cm³/mol. The van der Waals surface area contributed by atoms with Gasteiger partial charge >= 0.3 is 7.82 Å². The maximum absolute atomic E-state index is 13.6. The van der Waals surface area contributed by atoms with Gasteiger partial charge in [-0.2, -0.15) is 0 Å². The molecule has 6 atom stereocenters. The number of aromatic hydroxyl groups is 1. The standard InChI is InChI=1S/C33H48N7O12P/c1-18(2)13-24(31(46)39-26(29(35)44)17-52-53(49,50)51)38-32(47)25(15-20-7-5-4-6-8-20)37-27(43)16-36-33(48)28(19(3)41)40-30(45)23(34)14-21-9-11-22(42)12-10-21/h4-12,18-19,23-26,28,41-42H,13-17,34H2,1-3H3,(H2,35,44)(H,36,48)(H,37,43)(H,38,47)(H,39,46)(H,40,45)(H2,49,50,51)/t19-,23-,24-,25-,26-,28+/m0/s1. The van der Waals surface area contributed by atoms with E-state index in [-0.39, 0.29) is 30.9 Å². The van der Waals surface area contributed by atoms with Crippen molar-refractivity contribution in [3.63, 3.8) is 0 Å². The third kappa shape index (κ3) is 16.5. The molecule has 2 aromatic carbocycles. The SMILES string of the molecule is CC(C)C[C@H](NC(=O)[C@H](Cc1ccccc1)NC(=O)CNC(=O)[C@H](NC(=O)[C@@H](N)Cc1ccc(O)cc1)[C@H](C)O)C(=O)N[C@@H](COP(=O)(O)O)C(N)=O. The molecule has 0 saturated heterocycles. The average Bonchev–Trinajstić information content (AvgIpc) is 3.07. The van der Waals surface area contributed by atoms with Crippen molar-refractivity contribution in [1.29, 1.82) is 0 Å². The minimum Gasteiger partial charge on any atom is -0.508 e. The topological polar surface area (TPSA) is 322 Å². The van der Waals surface area contributed by atoms with Crippen LogP contribution in [0.15, 0.2) is 54.6 Å². The highest BCUT2D eigenvalue weighted by atomic mass is 31.2. The molecule has 0 heterocycles. The number of nitrogens with one attached hydrogen (secondary N) is 5. The number of carbonyl (C=O) groups is 6. The van der Waals surface area contributed by atoms with Gasteiger partial charge < -0.3 is 58.1 Å². The number of rotatable bonds is 21. The quantitative estimate of drug-likeness (QED) is 0.0591. The lowest BCUT2D eigenvalue weighted by atomic mass is 10.0. The van der Waals surface area contributed by atoms with Crippen molar-refractivity contribution in [1.82, 2.24) is 26.6 Å². The highest BCUT2D eigenvalue weighted by Crippen LogP contribution is 2.35. The summed E-state index contributed by atoms with van der Waals surface area (Å²) in [6.45, 7) is 3.10. The van der Waals surface area contributed by atoms with Crippen LogP contribution in [0.4, 0.5) is 0 Å². The van der Waals surface area contributed by atoms with Crippen molar-refractivity contribution in [2.24, 2.45) is 17.4 Å². The van der Waals surface area contributed by atoms with Gasteiger partial charge in [0.25, 0.3) is 0 Å². The number of benzene rings is 2. The molecule has 0 saturated carbocycles. The summed E-state index contributed by atoms with van der Waals surface area (Å²) in [6, 6.07) is 7.60. The zero-order valence-corrected chi connectivity index (χ0v) is 30.3. The molecule has 6 amide bonds. The molecule has 292 valence electrons. The Balaban J connectivity index is 2.14. The van der Waals surface area contributed by atoms with Gasteiger partial charge in [-0.3, -0.25) is 33.3 Å². The molecule has 0 fully saturated rings. The van der Waals surface area contributed by atoms with E-state index in [4.69, 9.17) is 21.3 Å². The molecule has 0 aliphatic carbocycles. The molecule has 20 heteroatoms. The van der Waals surface area contributed by atoms with E-state index in [1.165, 1.54) is 19.1 Å².